The van der Waals surface area contributed by atoms with E-state index >= 15 is 0 Å². The SMILES string of the molecule is C=C(OC(=C)C(=O)OC)C(=O)O. The summed E-state index contributed by atoms with van der Waals surface area (Å²) in [5.74, 6) is -3.19. The number of esters is 1. The Balaban J connectivity index is 4.11. The standard InChI is InChI=1S/C7H8O5/c1-4(6(8)9)12-5(2)7(10)11-3/h1-2H2,3H3,(H,8,9). The van der Waals surface area contributed by atoms with Gasteiger partial charge in [-0.1, -0.05) is 0 Å². The lowest BCUT2D eigenvalue weighted by Crippen LogP contribution is -2.10. The van der Waals surface area contributed by atoms with Gasteiger partial charge in [0.2, 0.25) is 11.5 Å². The first-order valence-corrected chi connectivity index (χ1v) is 2.86. The number of hydrogen-bond donors (Lipinski definition) is 1. The molecule has 0 unspecified atom stereocenters. The zero-order valence-electron chi connectivity index (χ0n) is 6.49. The van der Waals surface area contributed by atoms with Gasteiger partial charge in [-0.3, -0.25) is 0 Å². The molecule has 12 heavy (non-hydrogen) atoms. The van der Waals surface area contributed by atoms with Crippen LogP contribution in [0.1, 0.15) is 0 Å². The van der Waals surface area contributed by atoms with E-state index in [0.717, 1.165) is 7.11 Å². The molecule has 0 amide bonds. The predicted octanol–water partition coefficient (Wildman–Crippen LogP) is 0.288. The van der Waals surface area contributed by atoms with Gasteiger partial charge in [0, 0.05) is 0 Å². The summed E-state index contributed by atoms with van der Waals surface area (Å²) in [5, 5.41) is 8.27. The maximum Gasteiger partial charge on any atom is 0.373 e. The molecule has 5 heteroatoms. The van der Waals surface area contributed by atoms with Crippen molar-refractivity contribution in [2.75, 3.05) is 7.11 Å². The Labute approximate surface area is 68.9 Å². The van der Waals surface area contributed by atoms with Crippen molar-refractivity contribution in [1.29, 1.82) is 0 Å². The minimum absolute atomic E-state index is 0.412. The van der Waals surface area contributed by atoms with E-state index in [1.54, 1.807) is 0 Å². The molecule has 66 valence electrons. The summed E-state index contributed by atoms with van der Waals surface area (Å²) in [4.78, 5) is 20.7. The van der Waals surface area contributed by atoms with Crippen LogP contribution in [0.5, 0.6) is 0 Å². The van der Waals surface area contributed by atoms with Crippen molar-refractivity contribution in [2.45, 2.75) is 0 Å². The van der Waals surface area contributed by atoms with E-state index in [-0.39, 0.29) is 0 Å². The molecule has 0 aliphatic carbocycles. The zero-order chi connectivity index (χ0) is 9.72. The fraction of sp³-hybridized carbons (Fsp3) is 0.143. The molecule has 0 rings (SSSR count). The van der Waals surface area contributed by atoms with Crippen LogP contribution in [0.15, 0.2) is 24.7 Å². The summed E-state index contributed by atoms with van der Waals surface area (Å²) in [6, 6.07) is 0. The van der Waals surface area contributed by atoms with Crippen LogP contribution >= 0.6 is 0 Å². The van der Waals surface area contributed by atoms with E-state index in [2.05, 4.69) is 22.6 Å². The molecule has 5 nitrogen and oxygen atoms in total. The van der Waals surface area contributed by atoms with Gasteiger partial charge < -0.3 is 14.6 Å². The molecule has 0 aliphatic heterocycles. The third kappa shape index (κ3) is 2.87. The van der Waals surface area contributed by atoms with Crippen LogP contribution in [0, 0.1) is 0 Å². The molecule has 0 saturated carbocycles. The van der Waals surface area contributed by atoms with Crippen molar-refractivity contribution in [2.24, 2.45) is 0 Å². The van der Waals surface area contributed by atoms with Crippen LogP contribution in [-0.4, -0.2) is 24.2 Å². The minimum Gasteiger partial charge on any atom is -0.475 e. The van der Waals surface area contributed by atoms with E-state index in [9.17, 15) is 9.59 Å². The third-order valence-electron chi connectivity index (χ3n) is 0.898. The fourth-order valence-electron chi connectivity index (χ4n) is 0.348. The number of carboxylic acids is 1. The summed E-state index contributed by atoms with van der Waals surface area (Å²) in [6.07, 6.45) is 0. The first kappa shape index (κ1) is 10.2. The summed E-state index contributed by atoms with van der Waals surface area (Å²) in [5.41, 5.74) is 0. The molecule has 1 N–H and O–H groups in total. The molecule has 0 aromatic carbocycles. The Morgan fingerprint density at radius 2 is 1.75 bits per heavy atom. The molecular formula is C7H8O5. The molecule has 0 spiro atoms. The van der Waals surface area contributed by atoms with E-state index in [4.69, 9.17) is 5.11 Å². The highest BCUT2D eigenvalue weighted by atomic mass is 16.6. The summed E-state index contributed by atoms with van der Waals surface area (Å²) < 4.78 is 8.60. The highest BCUT2D eigenvalue weighted by molar-refractivity contribution is 5.88. The number of methoxy groups -OCH3 is 1. The average molecular weight is 172 g/mol. The predicted molar refractivity (Wildman–Crippen MR) is 39.0 cm³/mol. The second-order valence-corrected chi connectivity index (χ2v) is 1.75. The Hall–Kier alpha value is -1.78. The summed E-state index contributed by atoms with van der Waals surface area (Å²) >= 11 is 0. The Morgan fingerprint density at radius 1 is 1.25 bits per heavy atom. The second kappa shape index (κ2) is 4.17. The molecule has 0 bridgehead atoms. The summed E-state index contributed by atoms with van der Waals surface area (Å²) in [7, 11) is 1.13. The number of aliphatic carboxylic acids is 1. The maximum absolute atomic E-state index is 10.6. The van der Waals surface area contributed by atoms with Crippen molar-refractivity contribution in [1.82, 2.24) is 0 Å². The van der Waals surface area contributed by atoms with Crippen LogP contribution in [0.3, 0.4) is 0 Å². The van der Waals surface area contributed by atoms with Crippen molar-refractivity contribution < 1.29 is 24.2 Å². The van der Waals surface area contributed by atoms with Gasteiger partial charge in [-0.25, -0.2) is 9.59 Å². The van der Waals surface area contributed by atoms with Crippen LogP contribution < -0.4 is 0 Å². The normalized spacial score (nSPS) is 8.42. The molecule has 0 radical (unpaired) electrons. The fourth-order valence-corrected chi connectivity index (χ4v) is 0.348. The van der Waals surface area contributed by atoms with E-state index in [1.807, 2.05) is 0 Å². The van der Waals surface area contributed by atoms with Gasteiger partial charge in [0.25, 0.3) is 0 Å². The molecule has 0 aliphatic rings. The molecule has 0 atom stereocenters. The quantitative estimate of drug-likeness (QED) is 0.374. The van der Waals surface area contributed by atoms with Crippen LogP contribution in [0.4, 0.5) is 0 Å². The summed E-state index contributed by atoms with van der Waals surface area (Å²) in [6.45, 7) is 6.15. The highest BCUT2D eigenvalue weighted by Crippen LogP contribution is 2.03. The number of ether oxygens (including phenoxy) is 2. The van der Waals surface area contributed by atoms with E-state index in [0.29, 0.717) is 0 Å². The molecule has 0 saturated heterocycles. The lowest BCUT2D eigenvalue weighted by molar-refractivity contribution is -0.141. The van der Waals surface area contributed by atoms with Crippen LogP contribution in [0.25, 0.3) is 0 Å². The maximum atomic E-state index is 10.6. The van der Waals surface area contributed by atoms with Gasteiger partial charge in [0.1, 0.15) is 0 Å². The molecule has 0 aromatic heterocycles. The van der Waals surface area contributed by atoms with Crippen LogP contribution in [0.2, 0.25) is 0 Å². The Kier molecular flexibility index (Phi) is 3.55. The van der Waals surface area contributed by atoms with Gasteiger partial charge in [-0.05, 0) is 13.2 Å². The minimum atomic E-state index is -1.36. The molecule has 0 fully saturated rings. The Morgan fingerprint density at radius 3 is 2.08 bits per heavy atom. The van der Waals surface area contributed by atoms with E-state index in [1.165, 1.54) is 0 Å². The first-order chi connectivity index (χ1) is 5.49. The monoisotopic (exact) mass is 172 g/mol. The lowest BCUT2D eigenvalue weighted by Gasteiger charge is -2.04. The number of rotatable bonds is 4. The van der Waals surface area contributed by atoms with Crippen molar-refractivity contribution in [3.05, 3.63) is 24.7 Å². The number of carbonyl (C=O) groups excluding carboxylic acids is 1. The van der Waals surface area contributed by atoms with Gasteiger partial charge in [0.15, 0.2) is 0 Å². The van der Waals surface area contributed by atoms with Gasteiger partial charge >= 0.3 is 11.9 Å². The lowest BCUT2D eigenvalue weighted by atomic mass is 10.5. The van der Waals surface area contributed by atoms with Crippen molar-refractivity contribution >= 4 is 11.9 Å². The smallest absolute Gasteiger partial charge is 0.373 e. The van der Waals surface area contributed by atoms with Gasteiger partial charge in [-0.15, -0.1) is 0 Å². The molecule has 0 aromatic rings. The van der Waals surface area contributed by atoms with Crippen molar-refractivity contribution in [3.8, 4) is 0 Å². The Bertz CT molecular complexity index is 240. The topological polar surface area (TPSA) is 72.8 Å². The zero-order valence-corrected chi connectivity index (χ0v) is 6.49. The first-order valence-electron chi connectivity index (χ1n) is 2.86. The number of carboxylic acid groups (broad SMARTS) is 1. The number of hydrogen-bond acceptors (Lipinski definition) is 4. The van der Waals surface area contributed by atoms with Crippen LogP contribution in [-0.2, 0) is 19.1 Å². The second-order valence-electron chi connectivity index (χ2n) is 1.75. The average Bonchev–Trinajstić information content (AvgIpc) is 2.02. The molecular weight excluding hydrogens is 164 g/mol. The largest absolute Gasteiger partial charge is 0.475 e. The third-order valence-corrected chi connectivity index (χ3v) is 0.898. The molecule has 0 heterocycles. The van der Waals surface area contributed by atoms with Crippen molar-refractivity contribution in [3.63, 3.8) is 0 Å². The van der Waals surface area contributed by atoms with E-state index < -0.39 is 23.5 Å². The van der Waals surface area contributed by atoms with Gasteiger partial charge in [0.05, 0.1) is 7.11 Å². The number of carbonyl (C=O) groups is 2. The highest BCUT2D eigenvalue weighted by Gasteiger charge is 2.13. The van der Waals surface area contributed by atoms with Gasteiger partial charge in [-0.2, -0.15) is 0 Å².